The maximum Gasteiger partial charge on any atom is 0.0467 e. The van der Waals surface area contributed by atoms with E-state index in [9.17, 15) is 0 Å². The molecule has 1 heteroatoms. The highest BCUT2D eigenvalue weighted by molar-refractivity contribution is 5.92. The third-order valence-electron chi connectivity index (χ3n) is 14.6. The fraction of sp³-hybridized carbons (Fsp3) is 0.129. The summed E-state index contributed by atoms with van der Waals surface area (Å²) >= 11 is 0. The van der Waals surface area contributed by atoms with Gasteiger partial charge >= 0.3 is 0 Å². The molecule has 1 spiro atoms. The monoisotopic (exact) mass is 807 g/mol. The van der Waals surface area contributed by atoms with Crippen LogP contribution in [0.25, 0.3) is 66.8 Å². The van der Waals surface area contributed by atoms with Gasteiger partial charge in [-0.15, -0.1) is 0 Å². The minimum absolute atomic E-state index is 0.0769. The predicted molar refractivity (Wildman–Crippen MR) is 265 cm³/mol. The quantitative estimate of drug-likeness (QED) is 0.155. The molecule has 0 amide bonds. The van der Waals surface area contributed by atoms with Gasteiger partial charge in [-0.2, -0.15) is 0 Å². The van der Waals surface area contributed by atoms with Gasteiger partial charge in [0.25, 0.3) is 0 Å². The fourth-order valence-electron chi connectivity index (χ4n) is 11.7. The zero-order valence-corrected chi connectivity index (χ0v) is 36.0. The van der Waals surface area contributed by atoms with E-state index < -0.39 is 0 Å². The van der Waals surface area contributed by atoms with Crippen LogP contribution in [-0.4, -0.2) is 0 Å². The highest BCUT2D eigenvalue weighted by Gasteiger charge is 2.45. The Bertz CT molecular complexity index is 3180. The fourth-order valence-corrected chi connectivity index (χ4v) is 11.7. The summed E-state index contributed by atoms with van der Waals surface area (Å²) in [7, 11) is 0. The Morgan fingerprint density at radius 1 is 0.317 bits per heavy atom. The first-order chi connectivity index (χ1) is 31.0. The second kappa shape index (κ2) is 14.7. The van der Waals surface area contributed by atoms with Crippen molar-refractivity contribution in [1.29, 1.82) is 0 Å². The Labute approximate surface area is 372 Å². The molecular weight excluding hydrogens is 759 g/mol. The zero-order chi connectivity index (χ0) is 42.1. The molecule has 0 heterocycles. The molecule has 0 radical (unpaired) electrons. The summed E-state index contributed by atoms with van der Waals surface area (Å²) in [6.07, 6.45) is 4.95. The van der Waals surface area contributed by atoms with Gasteiger partial charge in [0.1, 0.15) is 0 Å². The molecule has 1 fully saturated rings. The van der Waals surface area contributed by atoms with Crippen LogP contribution < -0.4 is 4.90 Å². The molecule has 0 aromatic heterocycles. The lowest BCUT2D eigenvalue weighted by atomic mass is 9.76. The van der Waals surface area contributed by atoms with Crippen molar-refractivity contribution in [1.82, 2.24) is 0 Å². The van der Waals surface area contributed by atoms with E-state index in [-0.39, 0.29) is 10.8 Å². The van der Waals surface area contributed by atoms with E-state index in [1.165, 1.54) is 120 Å². The summed E-state index contributed by atoms with van der Waals surface area (Å²) in [6, 6.07) is 79.3. The molecule has 0 aliphatic heterocycles. The van der Waals surface area contributed by atoms with Gasteiger partial charge in [-0.05, 0) is 138 Å². The summed E-state index contributed by atoms with van der Waals surface area (Å²) in [5, 5.41) is 0. The van der Waals surface area contributed by atoms with Crippen molar-refractivity contribution in [2.24, 2.45) is 0 Å². The van der Waals surface area contributed by atoms with Crippen LogP contribution >= 0.6 is 0 Å². The second-order valence-corrected chi connectivity index (χ2v) is 18.4. The number of anilines is 3. The molecule has 12 rings (SSSR count). The largest absolute Gasteiger partial charge is 0.310 e. The highest BCUT2D eigenvalue weighted by atomic mass is 15.1. The average molecular weight is 808 g/mol. The van der Waals surface area contributed by atoms with Gasteiger partial charge in [0.2, 0.25) is 0 Å². The van der Waals surface area contributed by atoms with Crippen LogP contribution in [0.4, 0.5) is 17.1 Å². The maximum atomic E-state index is 2.54. The van der Waals surface area contributed by atoms with Gasteiger partial charge in [0.15, 0.2) is 0 Å². The van der Waals surface area contributed by atoms with Gasteiger partial charge in [-0.3, -0.25) is 0 Å². The van der Waals surface area contributed by atoms with Crippen molar-refractivity contribution in [3.05, 3.63) is 235 Å². The number of benzene rings is 9. The number of hydrogen-bond acceptors (Lipinski definition) is 1. The number of rotatable bonds is 7. The van der Waals surface area contributed by atoms with Gasteiger partial charge in [-0.25, -0.2) is 0 Å². The van der Waals surface area contributed by atoms with Crippen molar-refractivity contribution in [2.75, 3.05) is 4.90 Å². The van der Waals surface area contributed by atoms with Gasteiger partial charge < -0.3 is 4.90 Å². The summed E-state index contributed by atoms with van der Waals surface area (Å²) in [4.78, 5) is 2.50. The molecule has 9 aromatic carbocycles. The van der Waals surface area contributed by atoms with Crippen LogP contribution in [0.3, 0.4) is 0 Å². The van der Waals surface area contributed by atoms with E-state index in [2.05, 4.69) is 231 Å². The number of nitrogens with zero attached hydrogens (tertiary/aromatic N) is 1. The Balaban J connectivity index is 0.977. The van der Waals surface area contributed by atoms with E-state index in [0.717, 1.165) is 11.4 Å². The first-order valence-electron chi connectivity index (χ1n) is 22.7. The Hall–Kier alpha value is -7.22. The molecule has 1 saturated carbocycles. The highest BCUT2D eigenvalue weighted by Crippen LogP contribution is 2.58. The minimum Gasteiger partial charge on any atom is -0.310 e. The van der Waals surface area contributed by atoms with E-state index in [1.54, 1.807) is 0 Å². The maximum absolute atomic E-state index is 2.54. The Morgan fingerprint density at radius 2 is 0.794 bits per heavy atom. The smallest absolute Gasteiger partial charge is 0.0467 e. The predicted octanol–water partition coefficient (Wildman–Crippen LogP) is 17.0. The standard InChI is InChI=1S/C62H49N/c1-61(2)57-26-10-8-23-54(57)56-25-15-24-52(60(56)61)46-18-14-19-48(40-46)63(49-36-37-55-53-22-9-11-27-58(53)62(59(55)41-49)38-12-13-39-62)47-34-32-45(33-35-47)51-21-7-6-20-50(51)44-30-28-43(29-31-44)42-16-4-3-5-17-42/h3-11,14-37,40-41H,12-13,38-39H2,1-2H3. The minimum atomic E-state index is -0.112. The Kier molecular flexibility index (Phi) is 8.76. The van der Waals surface area contributed by atoms with Gasteiger partial charge in [0.05, 0.1) is 0 Å². The molecule has 0 bridgehead atoms. The van der Waals surface area contributed by atoms with Crippen LogP contribution in [0.1, 0.15) is 61.8 Å². The van der Waals surface area contributed by atoms with E-state index in [1.807, 2.05) is 0 Å². The molecule has 0 unspecified atom stereocenters. The Morgan fingerprint density at radius 3 is 1.51 bits per heavy atom. The summed E-state index contributed by atoms with van der Waals surface area (Å²) < 4.78 is 0. The van der Waals surface area contributed by atoms with E-state index >= 15 is 0 Å². The molecule has 302 valence electrons. The molecule has 9 aromatic rings. The first kappa shape index (κ1) is 37.5. The summed E-state index contributed by atoms with van der Waals surface area (Å²) in [5.41, 5.74) is 24.6. The summed E-state index contributed by atoms with van der Waals surface area (Å²) in [5.74, 6) is 0. The summed E-state index contributed by atoms with van der Waals surface area (Å²) in [6.45, 7) is 4.77. The van der Waals surface area contributed by atoms with Crippen molar-refractivity contribution < 1.29 is 0 Å². The van der Waals surface area contributed by atoms with Crippen LogP contribution in [-0.2, 0) is 10.8 Å². The van der Waals surface area contributed by atoms with Crippen LogP contribution in [0, 0.1) is 0 Å². The second-order valence-electron chi connectivity index (χ2n) is 18.4. The number of hydrogen-bond donors (Lipinski definition) is 0. The van der Waals surface area contributed by atoms with Crippen LogP contribution in [0.15, 0.2) is 212 Å². The lowest BCUT2D eigenvalue weighted by molar-refractivity contribution is 0.550. The molecule has 0 atom stereocenters. The molecule has 63 heavy (non-hydrogen) atoms. The molecule has 1 nitrogen and oxygen atoms in total. The average Bonchev–Trinajstić information content (AvgIpc) is 4.02. The molecule has 0 saturated heterocycles. The third kappa shape index (κ3) is 5.98. The third-order valence-corrected chi connectivity index (χ3v) is 14.6. The van der Waals surface area contributed by atoms with Gasteiger partial charge in [0, 0.05) is 27.9 Å². The van der Waals surface area contributed by atoms with E-state index in [0.29, 0.717) is 0 Å². The topological polar surface area (TPSA) is 3.24 Å². The molecule has 3 aliphatic carbocycles. The normalized spacial score (nSPS) is 14.8. The molecule has 3 aliphatic rings. The molecular formula is C62H49N. The van der Waals surface area contributed by atoms with Crippen LogP contribution in [0.2, 0.25) is 0 Å². The van der Waals surface area contributed by atoms with Crippen molar-refractivity contribution in [3.63, 3.8) is 0 Å². The zero-order valence-electron chi connectivity index (χ0n) is 36.0. The van der Waals surface area contributed by atoms with Gasteiger partial charge in [-0.1, -0.05) is 203 Å². The first-order valence-corrected chi connectivity index (χ1v) is 22.7. The lowest BCUT2D eigenvalue weighted by Gasteiger charge is -2.30. The number of fused-ring (bicyclic) bond motifs is 8. The SMILES string of the molecule is CC1(C)c2ccccc2-c2cccc(-c3cccc(N(c4ccc(-c5ccccc5-c5ccc(-c6ccccc6)cc5)cc4)c4ccc5c(c4)C4(CCCC4)c4ccccc4-5)c3)c21. The van der Waals surface area contributed by atoms with Crippen molar-refractivity contribution >= 4 is 17.1 Å². The van der Waals surface area contributed by atoms with Crippen LogP contribution in [0.5, 0.6) is 0 Å². The van der Waals surface area contributed by atoms with Crippen molar-refractivity contribution in [3.8, 4) is 66.8 Å². The molecule has 0 N–H and O–H groups in total. The van der Waals surface area contributed by atoms with Crippen molar-refractivity contribution in [2.45, 2.75) is 50.4 Å². The van der Waals surface area contributed by atoms with E-state index in [4.69, 9.17) is 0 Å². The lowest BCUT2D eigenvalue weighted by Crippen LogP contribution is -2.21.